The summed E-state index contributed by atoms with van der Waals surface area (Å²) in [5.74, 6) is -0.967. The highest BCUT2D eigenvalue weighted by Crippen LogP contribution is 2.33. The third-order valence-electron chi connectivity index (χ3n) is 3.03. The number of carboxylic acids is 1. The van der Waals surface area contributed by atoms with Gasteiger partial charge in [0.2, 0.25) is 0 Å². The minimum absolute atomic E-state index is 0.236. The van der Waals surface area contributed by atoms with Crippen LogP contribution in [0.5, 0.6) is 0 Å². The van der Waals surface area contributed by atoms with Gasteiger partial charge in [0.25, 0.3) is 0 Å². The van der Waals surface area contributed by atoms with Crippen LogP contribution >= 0.6 is 11.3 Å². The van der Waals surface area contributed by atoms with Gasteiger partial charge in [-0.25, -0.2) is 9.78 Å². The first kappa shape index (κ1) is 13.5. The van der Waals surface area contributed by atoms with E-state index in [0.717, 1.165) is 22.5 Å². The van der Waals surface area contributed by atoms with E-state index in [0.29, 0.717) is 16.4 Å². The molecule has 1 aromatic carbocycles. The van der Waals surface area contributed by atoms with E-state index in [1.165, 1.54) is 0 Å². The van der Waals surface area contributed by atoms with E-state index in [9.17, 15) is 9.90 Å². The fourth-order valence-corrected chi connectivity index (χ4v) is 2.87. The predicted octanol–water partition coefficient (Wildman–Crippen LogP) is 3.88. The quantitative estimate of drug-likeness (QED) is 0.796. The first-order valence-corrected chi connectivity index (χ1v) is 7.19. The molecule has 3 rings (SSSR count). The summed E-state index contributed by atoms with van der Waals surface area (Å²) in [5.41, 5.74) is 3.10. The molecule has 0 aliphatic rings. The zero-order valence-corrected chi connectivity index (χ0v) is 12.1. The number of benzene rings is 1. The Balaban J connectivity index is 2.14. The van der Waals surface area contributed by atoms with Gasteiger partial charge in [0, 0.05) is 11.8 Å². The summed E-state index contributed by atoms with van der Waals surface area (Å²) >= 11 is 1.15. The van der Waals surface area contributed by atoms with Crippen molar-refractivity contribution in [2.45, 2.75) is 6.92 Å². The summed E-state index contributed by atoms with van der Waals surface area (Å²) in [6.07, 6.45) is 1.67. The van der Waals surface area contributed by atoms with Crippen molar-refractivity contribution in [3.05, 3.63) is 59.1 Å². The average Bonchev–Trinajstić information content (AvgIpc) is 2.94. The second-order valence-corrected chi connectivity index (χ2v) is 5.58. The van der Waals surface area contributed by atoms with E-state index >= 15 is 0 Å². The van der Waals surface area contributed by atoms with E-state index in [1.807, 2.05) is 49.4 Å². The van der Waals surface area contributed by atoms with Gasteiger partial charge >= 0.3 is 5.97 Å². The molecule has 0 amide bonds. The summed E-state index contributed by atoms with van der Waals surface area (Å²) in [6.45, 7) is 1.99. The Morgan fingerprint density at radius 3 is 2.52 bits per heavy atom. The topological polar surface area (TPSA) is 63.1 Å². The highest BCUT2D eigenvalue weighted by atomic mass is 32.1. The second-order valence-electron chi connectivity index (χ2n) is 4.58. The number of hydrogen-bond acceptors (Lipinski definition) is 4. The Morgan fingerprint density at radius 2 is 1.90 bits per heavy atom. The summed E-state index contributed by atoms with van der Waals surface area (Å²) in [7, 11) is 0. The van der Waals surface area contributed by atoms with Gasteiger partial charge in [0.1, 0.15) is 9.88 Å². The molecule has 5 heteroatoms. The molecule has 0 unspecified atom stereocenters. The van der Waals surface area contributed by atoms with Gasteiger partial charge in [0.05, 0.1) is 11.4 Å². The van der Waals surface area contributed by atoms with Crippen LogP contribution in [0, 0.1) is 6.92 Å². The summed E-state index contributed by atoms with van der Waals surface area (Å²) in [6, 6.07) is 13.2. The number of rotatable bonds is 3. The highest BCUT2D eigenvalue weighted by Gasteiger charge is 2.19. The van der Waals surface area contributed by atoms with E-state index in [4.69, 9.17) is 0 Å². The lowest BCUT2D eigenvalue weighted by atomic mass is 10.1. The molecule has 0 aliphatic heterocycles. The molecule has 0 aliphatic carbocycles. The molecule has 0 saturated carbocycles. The first-order valence-electron chi connectivity index (χ1n) is 6.38. The number of pyridine rings is 1. The molecule has 3 aromatic rings. The number of carbonyl (C=O) groups is 1. The number of hydrogen-bond donors (Lipinski definition) is 1. The molecule has 0 spiro atoms. The van der Waals surface area contributed by atoms with E-state index in [-0.39, 0.29) is 4.88 Å². The normalized spacial score (nSPS) is 10.5. The van der Waals surface area contributed by atoms with Gasteiger partial charge in [-0.15, -0.1) is 11.3 Å². The number of aromatic carboxylic acids is 1. The lowest BCUT2D eigenvalue weighted by molar-refractivity contribution is 0.0702. The Kier molecular flexibility index (Phi) is 3.50. The molecule has 1 N–H and O–H groups in total. The van der Waals surface area contributed by atoms with Crippen molar-refractivity contribution >= 4 is 17.3 Å². The van der Waals surface area contributed by atoms with Crippen molar-refractivity contribution < 1.29 is 9.90 Å². The van der Waals surface area contributed by atoms with Gasteiger partial charge in [-0.05, 0) is 19.1 Å². The van der Waals surface area contributed by atoms with Crippen LogP contribution in [0.4, 0.5) is 0 Å². The maximum absolute atomic E-state index is 11.5. The molecule has 0 atom stereocenters. The van der Waals surface area contributed by atoms with Crippen LogP contribution in [-0.2, 0) is 0 Å². The smallest absolute Gasteiger partial charge is 0.348 e. The number of nitrogens with zero attached hydrogens (tertiary/aromatic N) is 2. The fourth-order valence-electron chi connectivity index (χ4n) is 1.97. The van der Waals surface area contributed by atoms with Gasteiger partial charge < -0.3 is 5.11 Å². The third kappa shape index (κ3) is 2.68. The molecule has 21 heavy (non-hydrogen) atoms. The lowest BCUT2D eigenvalue weighted by Crippen LogP contribution is -1.95. The Labute approximate surface area is 125 Å². The lowest BCUT2D eigenvalue weighted by Gasteiger charge is -1.99. The van der Waals surface area contributed by atoms with Gasteiger partial charge in [0.15, 0.2) is 0 Å². The number of aryl methyl sites for hydroxylation is 1. The number of carboxylic acid groups (broad SMARTS) is 1. The molecular weight excluding hydrogens is 284 g/mol. The minimum Gasteiger partial charge on any atom is -0.477 e. The predicted molar refractivity (Wildman–Crippen MR) is 82.5 cm³/mol. The SMILES string of the molecule is Cc1ccc(-c2nc(-c3ccccn3)sc2C(=O)O)cc1. The van der Waals surface area contributed by atoms with Crippen LogP contribution in [0.3, 0.4) is 0 Å². The van der Waals surface area contributed by atoms with Gasteiger partial charge in [-0.3, -0.25) is 4.98 Å². The van der Waals surface area contributed by atoms with Crippen molar-refractivity contribution in [1.29, 1.82) is 0 Å². The molecule has 4 nitrogen and oxygen atoms in total. The molecule has 0 bridgehead atoms. The number of aromatic nitrogens is 2. The maximum atomic E-state index is 11.5. The van der Waals surface area contributed by atoms with Crippen molar-refractivity contribution in [2.75, 3.05) is 0 Å². The van der Waals surface area contributed by atoms with Crippen molar-refractivity contribution in [1.82, 2.24) is 9.97 Å². The molecular formula is C16H12N2O2S. The summed E-state index contributed by atoms with van der Waals surface area (Å²) in [5, 5.41) is 10.0. The molecule has 2 aromatic heterocycles. The Hall–Kier alpha value is -2.53. The van der Waals surface area contributed by atoms with Crippen LogP contribution in [0.25, 0.3) is 22.0 Å². The largest absolute Gasteiger partial charge is 0.477 e. The Morgan fingerprint density at radius 1 is 1.14 bits per heavy atom. The van der Waals surface area contributed by atoms with Crippen LogP contribution < -0.4 is 0 Å². The molecule has 0 fully saturated rings. The molecule has 0 saturated heterocycles. The summed E-state index contributed by atoms with van der Waals surface area (Å²) < 4.78 is 0. The fraction of sp³-hybridized carbons (Fsp3) is 0.0625. The Bertz CT molecular complexity index is 780. The average molecular weight is 296 g/mol. The second kappa shape index (κ2) is 5.46. The van der Waals surface area contributed by atoms with Gasteiger partial charge in [-0.2, -0.15) is 0 Å². The van der Waals surface area contributed by atoms with Crippen molar-refractivity contribution in [3.63, 3.8) is 0 Å². The maximum Gasteiger partial charge on any atom is 0.348 e. The zero-order valence-electron chi connectivity index (χ0n) is 11.3. The minimum atomic E-state index is -0.967. The van der Waals surface area contributed by atoms with Crippen LogP contribution in [0.1, 0.15) is 15.2 Å². The van der Waals surface area contributed by atoms with E-state index < -0.39 is 5.97 Å². The first-order chi connectivity index (χ1) is 10.1. The molecule has 0 radical (unpaired) electrons. The third-order valence-corrected chi connectivity index (χ3v) is 4.10. The van der Waals surface area contributed by atoms with Crippen LogP contribution in [0.2, 0.25) is 0 Å². The van der Waals surface area contributed by atoms with E-state index in [1.54, 1.807) is 6.20 Å². The highest BCUT2D eigenvalue weighted by molar-refractivity contribution is 7.17. The summed E-state index contributed by atoms with van der Waals surface area (Å²) in [4.78, 5) is 20.4. The van der Waals surface area contributed by atoms with Gasteiger partial charge in [-0.1, -0.05) is 35.9 Å². The van der Waals surface area contributed by atoms with Crippen molar-refractivity contribution in [3.8, 4) is 22.0 Å². The molecule has 104 valence electrons. The monoisotopic (exact) mass is 296 g/mol. The molecule has 2 heterocycles. The van der Waals surface area contributed by atoms with E-state index in [2.05, 4.69) is 9.97 Å². The zero-order chi connectivity index (χ0) is 14.8. The van der Waals surface area contributed by atoms with Crippen LogP contribution in [-0.4, -0.2) is 21.0 Å². The number of thiazole rings is 1. The standard InChI is InChI=1S/C16H12N2O2S/c1-10-5-7-11(8-6-10)13-14(16(19)20)21-15(18-13)12-4-2-3-9-17-12/h2-9H,1H3,(H,19,20). The van der Waals surface area contributed by atoms with Crippen LogP contribution in [0.15, 0.2) is 48.7 Å². The van der Waals surface area contributed by atoms with Crippen molar-refractivity contribution in [2.24, 2.45) is 0 Å².